The van der Waals surface area contributed by atoms with Crippen molar-refractivity contribution in [2.75, 3.05) is 35.5 Å². The molecule has 0 saturated heterocycles. The van der Waals surface area contributed by atoms with Crippen molar-refractivity contribution >= 4 is 11.9 Å². The molecular formula is C20H24O6. The summed E-state index contributed by atoms with van der Waals surface area (Å²) in [7, 11) is 7.63. The first-order valence-corrected chi connectivity index (χ1v) is 8.03. The lowest BCUT2D eigenvalue weighted by Crippen LogP contribution is -2.36. The van der Waals surface area contributed by atoms with Crippen LogP contribution < -0.4 is 4.74 Å². The highest BCUT2D eigenvalue weighted by Gasteiger charge is 2.38. The Bertz CT molecular complexity index is 740. The van der Waals surface area contributed by atoms with Crippen LogP contribution in [0.3, 0.4) is 0 Å². The molecule has 1 aromatic rings. The third kappa shape index (κ3) is 4.15. The summed E-state index contributed by atoms with van der Waals surface area (Å²) in [5.74, 6) is 0.234. The van der Waals surface area contributed by atoms with Crippen LogP contribution in [-0.4, -0.2) is 47.1 Å². The van der Waals surface area contributed by atoms with Crippen molar-refractivity contribution in [1.29, 1.82) is 0 Å². The fourth-order valence-corrected chi connectivity index (χ4v) is 2.71. The third-order valence-corrected chi connectivity index (χ3v) is 4.21. The molecule has 0 N–H and O–H groups in total. The maximum absolute atomic E-state index is 12.8. The van der Waals surface area contributed by atoms with Crippen molar-refractivity contribution in [2.24, 2.45) is 0 Å². The van der Waals surface area contributed by atoms with Gasteiger partial charge in [-0.1, -0.05) is 18.2 Å². The van der Waals surface area contributed by atoms with E-state index in [1.165, 1.54) is 34.5 Å². The van der Waals surface area contributed by atoms with Crippen molar-refractivity contribution in [3.05, 3.63) is 59.1 Å². The van der Waals surface area contributed by atoms with Gasteiger partial charge in [-0.15, -0.1) is 0 Å². The molecule has 0 atom stereocenters. The quantitative estimate of drug-likeness (QED) is 0.524. The van der Waals surface area contributed by atoms with E-state index in [1.807, 2.05) is 24.3 Å². The Balaban J connectivity index is 2.34. The number of hydrogen-bond acceptors (Lipinski definition) is 6. The Kier molecular flexibility index (Phi) is 6.60. The summed E-state index contributed by atoms with van der Waals surface area (Å²) >= 11 is 0. The molecule has 6 nitrogen and oxygen atoms in total. The second-order valence-corrected chi connectivity index (χ2v) is 5.59. The van der Waals surface area contributed by atoms with E-state index in [2.05, 4.69) is 0 Å². The van der Waals surface area contributed by atoms with E-state index < -0.39 is 5.79 Å². The smallest absolute Gasteiger partial charge is 0.198 e. The van der Waals surface area contributed by atoms with Crippen LogP contribution in [0.25, 0.3) is 6.08 Å². The second kappa shape index (κ2) is 8.69. The van der Waals surface area contributed by atoms with Crippen molar-refractivity contribution in [2.45, 2.75) is 12.2 Å². The SMILES string of the molecule is COC1=CC(OC)(OC)CC(OC)=C1C(=O)/C=C/c1cccc(OC)c1. The molecule has 140 valence electrons. The molecule has 0 saturated carbocycles. The minimum atomic E-state index is -1.03. The first-order chi connectivity index (χ1) is 12.5. The predicted octanol–water partition coefficient (Wildman–Crippen LogP) is 3.10. The van der Waals surface area contributed by atoms with Gasteiger partial charge in [0.25, 0.3) is 0 Å². The monoisotopic (exact) mass is 360 g/mol. The van der Waals surface area contributed by atoms with E-state index in [0.29, 0.717) is 17.1 Å². The van der Waals surface area contributed by atoms with Crippen LogP contribution in [0.2, 0.25) is 0 Å². The van der Waals surface area contributed by atoms with Crippen LogP contribution in [0.1, 0.15) is 12.0 Å². The highest BCUT2D eigenvalue weighted by Crippen LogP contribution is 2.35. The Hall–Kier alpha value is -2.57. The lowest BCUT2D eigenvalue weighted by molar-refractivity contribution is -0.176. The fraction of sp³-hybridized carbons (Fsp3) is 0.350. The van der Waals surface area contributed by atoms with Crippen LogP contribution in [0.15, 0.2) is 53.5 Å². The van der Waals surface area contributed by atoms with Gasteiger partial charge in [-0.2, -0.15) is 0 Å². The number of carbonyl (C=O) groups is 1. The van der Waals surface area contributed by atoms with Crippen LogP contribution >= 0.6 is 0 Å². The first kappa shape index (κ1) is 19.8. The van der Waals surface area contributed by atoms with Gasteiger partial charge in [0.2, 0.25) is 0 Å². The summed E-state index contributed by atoms with van der Waals surface area (Å²) in [4.78, 5) is 12.8. The Morgan fingerprint density at radius 2 is 1.77 bits per heavy atom. The Labute approximate surface area is 153 Å². The molecule has 0 amide bonds. The molecule has 0 spiro atoms. The number of hydrogen-bond donors (Lipinski definition) is 0. The number of methoxy groups -OCH3 is 5. The lowest BCUT2D eigenvalue weighted by atomic mass is 9.94. The van der Waals surface area contributed by atoms with Gasteiger partial charge in [0, 0.05) is 20.3 Å². The number of rotatable bonds is 8. The van der Waals surface area contributed by atoms with Crippen LogP contribution in [0, 0.1) is 0 Å². The van der Waals surface area contributed by atoms with E-state index in [1.54, 1.807) is 19.3 Å². The van der Waals surface area contributed by atoms with Crippen molar-refractivity contribution in [3.63, 3.8) is 0 Å². The molecule has 2 rings (SSSR count). The number of benzene rings is 1. The maximum Gasteiger partial charge on any atom is 0.198 e. The molecule has 26 heavy (non-hydrogen) atoms. The van der Waals surface area contributed by atoms with E-state index in [9.17, 15) is 4.79 Å². The molecule has 0 fully saturated rings. The maximum atomic E-state index is 12.8. The van der Waals surface area contributed by atoms with Gasteiger partial charge in [0.05, 0.1) is 27.8 Å². The molecule has 1 aliphatic rings. The fourth-order valence-electron chi connectivity index (χ4n) is 2.71. The minimum absolute atomic E-state index is 0.237. The Morgan fingerprint density at radius 3 is 2.35 bits per heavy atom. The van der Waals surface area contributed by atoms with Gasteiger partial charge in [-0.05, 0) is 23.8 Å². The largest absolute Gasteiger partial charge is 0.500 e. The molecule has 0 aromatic heterocycles. The summed E-state index contributed by atoms with van der Waals surface area (Å²) in [6.07, 6.45) is 5.09. The topological polar surface area (TPSA) is 63.2 Å². The molecule has 0 bridgehead atoms. The molecule has 6 heteroatoms. The van der Waals surface area contributed by atoms with Crippen LogP contribution in [0.5, 0.6) is 5.75 Å². The molecular weight excluding hydrogens is 336 g/mol. The summed E-state index contributed by atoms with van der Waals surface area (Å²) in [6, 6.07) is 7.42. The average molecular weight is 360 g/mol. The Morgan fingerprint density at radius 1 is 1.04 bits per heavy atom. The molecule has 0 aliphatic heterocycles. The lowest BCUT2D eigenvalue weighted by Gasteiger charge is -2.33. The number of ketones is 1. The highest BCUT2D eigenvalue weighted by atomic mass is 16.7. The average Bonchev–Trinajstić information content (AvgIpc) is 2.70. The van der Waals surface area contributed by atoms with Crippen LogP contribution in [0.4, 0.5) is 0 Å². The molecule has 0 radical (unpaired) electrons. The summed E-state index contributed by atoms with van der Waals surface area (Å²) in [5.41, 5.74) is 1.19. The zero-order valence-electron chi connectivity index (χ0n) is 15.7. The zero-order chi connectivity index (χ0) is 19.2. The van der Waals surface area contributed by atoms with E-state index in [4.69, 9.17) is 23.7 Å². The van der Waals surface area contributed by atoms with Gasteiger partial charge in [-0.25, -0.2) is 0 Å². The molecule has 0 heterocycles. The van der Waals surface area contributed by atoms with Crippen LogP contribution in [-0.2, 0) is 23.7 Å². The molecule has 1 aromatic carbocycles. The zero-order valence-corrected chi connectivity index (χ0v) is 15.7. The minimum Gasteiger partial charge on any atom is -0.500 e. The summed E-state index contributed by atoms with van der Waals surface area (Å²) in [5, 5.41) is 0. The van der Waals surface area contributed by atoms with Crippen molar-refractivity contribution in [1.82, 2.24) is 0 Å². The van der Waals surface area contributed by atoms with Gasteiger partial charge in [0.15, 0.2) is 11.6 Å². The van der Waals surface area contributed by atoms with Gasteiger partial charge in [0.1, 0.15) is 22.8 Å². The second-order valence-electron chi connectivity index (χ2n) is 5.59. The van der Waals surface area contributed by atoms with E-state index >= 15 is 0 Å². The van der Waals surface area contributed by atoms with Crippen molar-refractivity contribution < 1.29 is 28.5 Å². The van der Waals surface area contributed by atoms with Gasteiger partial charge < -0.3 is 23.7 Å². The number of carbonyl (C=O) groups excluding carboxylic acids is 1. The summed E-state index contributed by atoms with van der Waals surface area (Å²) in [6.45, 7) is 0. The standard InChI is InChI=1S/C20H24O6/c1-22-15-8-6-7-14(11-15)9-10-16(21)19-17(23-2)12-20(25-4,26-5)13-18(19)24-3/h6-12H,13H2,1-5H3/b10-9+. The van der Waals surface area contributed by atoms with Gasteiger partial charge >= 0.3 is 0 Å². The van der Waals surface area contributed by atoms with Gasteiger partial charge in [-0.3, -0.25) is 4.79 Å². The molecule has 1 aliphatic carbocycles. The predicted molar refractivity (Wildman–Crippen MR) is 97.5 cm³/mol. The summed E-state index contributed by atoms with van der Waals surface area (Å²) < 4.78 is 26.9. The first-order valence-electron chi connectivity index (χ1n) is 8.03. The van der Waals surface area contributed by atoms with Crippen molar-refractivity contribution in [3.8, 4) is 5.75 Å². The van der Waals surface area contributed by atoms with E-state index in [0.717, 1.165) is 11.3 Å². The highest BCUT2D eigenvalue weighted by molar-refractivity contribution is 6.09. The number of ether oxygens (including phenoxy) is 5. The molecule has 0 unspecified atom stereocenters. The van der Waals surface area contributed by atoms with E-state index in [-0.39, 0.29) is 12.2 Å². The number of allylic oxidation sites excluding steroid dienone is 2. The normalized spacial score (nSPS) is 16.4. The third-order valence-electron chi connectivity index (χ3n) is 4.21.